The van der Waals surface area contributed by atoms with E-state index in [9.17, 15) is 9.18 Å². The summed E-state index contributed by atoms with van der Waals surface area (Å²) < 4.78 is 23.8. The molecule has 1 aliphatic rings. The zero-order chi connectivity index (χ0) is 20.6. The number of carbonyl (C=O) groups is 1. The molecule has 3 rings (SSSR count). The lowest BCUT2D eigenvalue weighted by molar-refractivity contribution is -0.121. The molecule has 0 fully saturated rings. The Labute approximate surface area is 192 Å². The molecule has 0 spiro atoms. The highest BCUT2D eigenvalue weighted by Crippen LogP contribution is 2.32. The van der Waals surface area contributed by atoms with Gasteiger partial charge in [-0.2, -0.15) is 0 Å². The summed E-state index contributed by atoms with van der Waals surface area (Å²) in [5.41, 5.74) is 7.38. The maximum absolute atomic E-state index is 13.1. The number of amides is 1. The van der Waals surface area contributed by atoms with Gasteiger partial charge in [0.2, 0.25) is 12.7 Å². The first-order chi connectivity index (χ1) is 14.0. The van der Waals surface area contributed by atoms with Gasteiger partial charge in [0.15, 0.2) is 17.5 Å². The molecule has 7 nitrogen and oxygen atoms in total. The molecule has 30 heavy (non-hydrogen) atoms. The minimum atomic E-state index is -0.449. The van der Waals surface area contributed by atoms with Crippen LogP contribution in [0.3, 0.4) is 0 Å². The monoisotopic (exact) mass is 528 g/mol. The second-order valence-electron chi connectivity index (χ2n) is 6.69. The van der Waals surface area contributed by atoms with Crippen LogP contribution >= 0.6 is 24.0 Å². The molecule has 1 heterocycles. The van der Waals surface area contributed by atoms with E-state index >= 15 is 0 Å². The summed E-state index contributed by atoms with van der Waals surface area (Å²) in [5, 5.41) is 6.32. The van der Waals surface area contributed by atoms with Crippen molar-refractivity contribution in [2.24, 2.45) is 16.6 Å². The van der Waals surface area contributed by atoms with Crippen molar-refractivity contribution >= 4 is 35.8 Å². The highest BCUT2D eigenvalue weighted by Gasteiger charge is 2.17. The van der Waals surface area contributed by atoms with Gasteiger partial charge >= 0.3 is 0 Å². The lowest BCUT2D eigenvalue weighted by atomic mass is 9.98. The van der Waals surface area contributed by atoms with Gasteiger partial charge in [-0.05, 0) is 48.7 Å². The van der Waals surface area contributed by atoms with Crippen LogP contribution in [0.5, 0.6) is 11.5 Å². The van der Waals surface area contributed by atoms with Gasteiger partial charge in [-0.25, -0.2) is 9.38 Å². The summed E-state index contributed by atoms with van der Waals surface area (Å²) in [6.45, 7) is 3.62. The Hall–Kier alpha value is -2.56. The van der Waals surface area contributed by atoms with Gasteiger partial charge in [0, 0.05) is 13.1 Å². The summed E-state index contributed by atoms with van der Waals surface area (Å²) in [6.07, 6.45) is 0.421. The molecular formula is C21H26FIN4O3. The van der Waals surface area contributed by atoms with Crippen LogP contribution in [0.4, 0.5) is 4.39 Å². The van der Waals surface area contributed by atoms with Crippen LogP contribution in [-0.2, 0) is 17.8 Å². The predicted octanol–water partition coefficient (Wildman–Crippen LogP) is 2.57. The molecule has 1 aliphatic heterocycles. The van der Waals surface area contributed by atoms with Crippen molar-refractivity contribution < 1.29 is 18.7 Å². The summed E-state index contributed by atoms with van der Waals surface area (Å²) >= 11 is 0. The number of primary amides is 1. The highest BCUT2D eigenvalue weighted by molar-refractivity contribution is 14.0. The van der Waals surface area contributed by atoms with Gasteiger partial charge < -0.3 is 25.8 Å². The molecule has 1 amide bonds. The Morgan fingerprint density at radius 2 is 1.83 bits per heavy atom. The molecule has 0 bridgehead atoms. The third-order valence-electron chi connectivity index (χ3n) is 4.51. The number of carbonyl (C=O) groups excluding carboxylic acids is 1. The van der Waals surface area contributed by atoms with Gasteiger partial charge in [-0.15, -0.1) is 24.0 Å². The molecule has 2 aromatic carbocycles. The van der Waals surface area contributed by atoms with E-state index in [2.05, 4.69) is 15.6 Å². The number of benzene rings is 2. The van der Waals surface area contributed by atoms with Crippen molar-refractivity contribution in [3.05, 3.63) is 59.4 Å². The molecule has 1 unspecified atom stereocenters. The van der Waals surface area contributed by atoms with E-state index in [1.807, 2.05) is 25.1 Å². The van der Waals surface area contributed by atoms with Crippen LogP contribution in [0.1, 0.15) is 18.1 Å². The average molecular weight is 528 g/mol. The van der Waals surface area contributed by atoms with Crippen LogP contribution in [0.25, 0.3) is 0 Å². The zero-order valence-corrected chi connectivity index (χ0v) is 19.0. The third-order valence-corrected chi connectivity index (χ3v) is 4.51. The molecule has 0 aliphatic carbocycles. The topological polar surface area (TPSA) is 98.0 Å². The number of aliphatic imine (C=N–C) groups is 1. The lowest BCUT2D eigenvalue weighted by Gasteiger charge is -2.17. The van der Waals surface area contributed by atoms with Crippen LogP contribution in [0, 0.1) is 11.7 Å². The molecule has 0 saturated carbocycles. The van der Waals surface area contributed by atoms with Crippen LogP contribution in [0.2, 0.25) is 0 Å². The summed E-state index contributed by atoms with van der Waals surface area (Å²) in [7, 11) is 0. The number of hydrogen-bond acceptors (Lipinski definition) is 4. The molecule has 0 aromatic heterocycles. The van der Waals surface area contributed by atoms with Gasteiger partial charge in [0.05, 0.1) is 12.5 Å². The first-order valence-electron chi connectivity index (χ1n) is 9.49. The predicted molar refractivity (Wildman–Crippen MR) is 124 cm³/mol. The molecule has 9 heteroatoms. The third kappa shape index (κ3) is 6.75. The number of fused-ring (bicyclic) bond motifs is 1. The fourth-order valence-electron chi connectivity index (χ4n) is 2.95. The van der Waals surface area contributed by atoms with Gasteiger partial charge in [-0.1, -0.05) is 18.2 Å². The fourth-order valence-corrected chi connectivity index (χ4v) is 2.95. The highest BCUT2D eigenvalue weighted by atomic mass is 127. The van der Waals surface area contributed by atoms with Crippen molar-refractivity contribution in [2.45, 2.75) is 19.9 Å². The smallest absolute Gasteiger partial charge is 0.231 e. The van der Waals surface area contributed by atoms with Gasteiger partial charge in [-0.3, -0.25) is 4.79 Å². The van der Waals surface area contributed by atoms with E-state index in [-0.39, 0.29) is 36.6 Å². The van der Waals surface area contributed by atoms with E-state index in [1.54, 1.807) is 12.1 Å². The Balaban J connectivity index is 0.00000320. The largest absolute Gasteiger partial charge is 0.454 e. The van der Waals surface area contributed by atoms with Gasteiger partial charge in [0.25, 0.3) is 0 Å². The Kier molecular flexibility index (Phi) is 9.15. The van der Waals surface area contributed by atoms with E-state index in [1.165, 1.54) is 12.1 Å². The molecular weight excluding hydrogens is 502 g/mol. The number of nitrogens with one attached hydrogen (secondary N) is 2. The average Bonchev–Trinajstić information content (AvgIpc) is 3.18. The Morgan fingerprint density at radius 3 is 2.53 bits per heavy atom. The molecule has 0 saturated heterocycles. The first-order valence-corrected chi connectivity index (χ1v) is 9.49. The minimum absolute atomic E-state index is 0. The standard InChI is InChI=1S/C21H25FN4O3.HI/c1-2-24-21(25-11-15-5-8-18-19(10-15)29-13-28-18)26-12-16(20(23)27)9-14-3-6-17(22)7-4-14;/h3-8,10,16H,2,9,11-13H2,1H3,(H2,23,27)(H2,24,25,26);1H. The normalized spacial score (nSPS) is 13.3. The molecule has 162 valence electrons. The van der Waals surface area contributed by atoms with Crippen molar-refractivity contribution in [1.29, 1.82) is 0 Å². The molecule has 2 aromatic rings. The van der Waals surface area contributed by atoms with Crippen molar-refractivity contribution in [2.75, 3.05) is 19.9 Å². The summed E-state index contributed by atoms with van der Waals surface area (Å²) in [4.78, 5) is 16.4. The first kappa shape index (κ1) is 23.7. The molecule has 0 radical (unpaired) electrons. The second-order valence-corrected chi connectivity index (χ2v) is 6.69. The number of nitrogens with two attached hydrogens (primary N) is 1. The summed E-state index contributed by atoms with van der Waals surface area (Å²) in [5.74, 6) is 0.836. The molecule has 4 N–H and O–H groups in total. The number of halogens is 2. The number of hydrogen-bond donors (Lipinski definition) is 3. The van der Waals surface area contributed by atoms with Crippen LogP contribution in [-0.4, -0.2) is 31.7 Å². The number of guanidine groups is 1. The fraction of sp³-hybridized carbons (Fsp3) is 0.333. The number of rotatable bonds is 8. The van der Waals surface area contributed by atoms with E-state index in [0.717, 1.165) is 16.9 Å². The van der Waals surface area contributed by atoms with Crippen molar-refractivity contribution in [3.8, 4) is 11.5 Å². The number of ether oxygens (including phenoxy) is 2. The zero-order valence-electron chi connectivity index (χ0n) is 16.7. The van der Waals surface area contributed by atoms with E-state index in [0.29, 0.717) is 37.8 Å². The second kappa shape index (κ2) is 11.6. The maximum Gasteiger partial charge on any atom is 0.231 e. The van der Waals surface area contributed by atoms with Crippen LogP contribution in [0.15, 0.2) is 47.5 Å². The van der Waals surface area contributed by atoms with Crippen molar-refractivity contribution in [1.82, 2.24) is 10.6 Å². The quantitative estimate of drug-likeness (QED) is 0.278. The lowest BCUT2D eigenvalue weighted by Crippen LogP contribution is -2.43. The van der Waals surface area contributed by atoms with E-state index < -0.39 is 11.8 Å². The maximum atomic E-state index is 13.1. The van der Waals surface area contributed by atoms with Crippen molar-refractivity contribution in [3.63, 3.8) is 0 Å². The Bertz CT molecular complexity index is 877. The van der Waals surface area contributed by atoms with Crippen LogP contribution < -0.4 is 25.8 Å². The Morgan fingerprint density at radius 1 is 1.13 bits per heavy atom. The summed E-state index contributed by atoms with van der Waals surface area (Å²) in [6, 6.07) is 11.8. The SMILES string of the molecule is CCNC(=NCc1ccc2c(c1)OCO2)NCC(Cc1ccc(F)cc1)C(N)=O.I. The molecule has 1 atom stereocenters. The van der Waals surface area contributed by atoms with Gasteiger partial charge in [0.1, 0.15) is 5.82 Å². The minimum Gasteiger partial charge on any atom is -0.454 e. The number of nitrogens with zero attached hydrogens (tertiary/aromatic N) is 1. The van der Waals surface area contributed by atoms with E-state index in [4.69, 9.17) is 15.2 Å².